The van der Waals surface area contributed by atoms with E-state index in [1.807, 2.05) is 24.8 Å². The zero-order chi connectivity index (χ0) is 18.4. The van der Waals surface area contributed by atoms with Gasteiger partial charge >= 0.3 is 0 Å². The summed E-state index contributed by atoms with van der Waals surface area (Å²) < 4.78 is 0. The van der Waals surface area contributed by atoms with Gasteiger partial charge in [-0.1, -0.05) is 25.0 Å². The number of aliphatic hydroxyl groups excluding tert-OH is 1. The standard InChI is InChI=1S/C19H27N3O2S/c1-4-5-6-20-19(25)22(7-8-23)12-16-11-15-10-13(2)9-14(3)17(15)21-18(16)24/h9-11,23H,4-8,12H2,1-3H3,(H,20,25)(H,21,24). The van der Waals surface area contributed by atoms with Gasteiger partial charge in [0.15, 0.2) is 5.11 Å². The van der Waals surface area contributed by atoms with E-state index in [0.29, 0.717) is 23.8 Å². The van der Waals surface area contributed by atoms with Crippen LogP contribution in [0.5, 0.6) is 0 Å². The number of aryl methyl sites for hydroxylation is 2. The molecule has 0 aliphatic heterocycles. The largest absolute Gasteiger partial charge is 0.395 e. The Morgan fingerprint density at radius 2 is 2.08 bits per heavy atom. The van der Waals surface area contributed by atoms with E-state index in [4.69, 9.17) is 12.2 Å². The molecule has 136 valence electrons. The number of unbranched alkanes of at least 4 members (excludes halogenated alkanes) is 1. The van der Waals surface area contributed by atoms with E-state index >= 15 is 0 Å². The third kappa shape index (κ3) is 5.03. The van der Waals surface area contributed by atoms with Crippen molar-refractivity contribution in [1.82, 2.24) is 15.2 Å². The molecule has 0 atom stereocenters. The maximum atomic E-state index is 12.5. The van der Waals surface area contributed by atoms with Crippen LogP contribution in [-0.2, 0) is 6.54 Å². The van der Waals surface area contributed by atoms with Gasteiger partial charge in [0.2, 0.25) is 0 Å². The minimum Gasteiger partial charge on any atom is -0.395 e. The number of fused-ring (bicyclic) bond motifs is 1. The van der Waals surface area contributed by atoms with Crippen molar-refractivity contribution in [3.63, 3.8) is 0 Å². The van der Waals surface area contributed by atoms with Crippen molar-refractivity contribution in [1.29, 1.82) is 0 Å². The van der Waals surface area contributed by atoms with Crippen LogP contribution in [0.15, 0.2) is 23.0 Å². The van der Waals surface area contributed by atoms with E-state index in [9.17, 15) is 9.90 Å². The van der Waals surface area contributed by atoms with Crippen molar-refractivity contribution >= 4 is 28.2 Å². The van der Waals surface area contributed by atoms with E-state index in [2.05, 4.69) is 29.4 Å². The summed E-state index contributed by atoms with van der Waals surface area (Å²) in [5.74, 6) is 0. The van der Waals surface area contributed by atoms with Gasteiger partial charge in [0.05, 0.1) is 18.7 Å². The summed E-state index contributed by atoms with van der Waals surface area (Å²) in [7, 11) is 0. The number of aliphatic hydroxyl groups is 1. The molecule has 0 unspecified atom stereocenters. The van der Waals surface area contributed by atoms with Gasteiger partial charge in [-0.15, -0.1) is 0 Å². The molecule has 3 N–H and O–H groups in total. The van der Waals surface area contributed by atoms with Gasteiger partial charge in [0.1, 0.15) is 0 Å². The molecule has 1 heterocycles. The summed E-state index contributed by atoms with van der Waals surface area (Å²) in [6.07, 6.45) is 2.11. The Bertz CT molecular complexity index is 801. The van der Waals surface area contributed by atoms with Crippen molar-refractivity contribution < 1.29 is 5.11 Å². The van der Waals surface area contributed by atoms with Gasteiger partial charge in [-0.25, -0.2) is 0 Å². The molecular weight excluding hydrogens is 334 g/mol. The Hall–Kier alpha value is -1.92. The Morgan fingerprint density at radius 1 is 1.32 bits per heavy atom. The molecule has 0 saturated heterocycles. The highest BCUT2D eigenvalue weighted by Crippen LogP contribution is 2.18. The molecule has 1 aromatic carbocycles. The Morgan fingerprint density at radius 3 is 2.76 bits per heavy atom. The van der Waals surface area contributed by atoms with Crippen LogP contribution in [0.3, 0.4) is 0 Å². The molecule has 25 heavy (non-hydrogen) atoms. The predicted octanol–water partition coefficient (Wildman–Crippen LogP) is 2.61. The molecule has 0 amide bonds. The van der Waals surface area contributed by atoms with E-state index in [-0.39, 0.29) is 12.2 Å². The van der Waals surface area contributed by atoms with Crippen LogP contribution in [0.25, 0.3) is 10.9 Å². The minimum absolute atomic E-state index is 0.0146. The van der Waals surface area contributed by atoms with Gasteiger partial charge in [-0.2, -0.15) is 0 Å². The second kappa shape index (κ2) is 8.97. The zero-order valence-corrected chi connectivity index (χ0v) is 16.0. The van der Waals surface area contributed by atoms with Crippen LogP contribution in [0.4, 0.5) is 0 Å². The Balaban J connectivity index is 2.27. The Kier molecular flexibility index (Phi) is 6.96. The summed E-state index contributed by atoms with van der Waals surface area (Å²) in [6.45, 7) is 7.70. The second-order valence-corrected chi connectivity index (χ2v) is 6.79. The number of nitrogens with one attached hydrogen (secondary N) is 2. The van der Waals surface area contributed by atoms with Gasteiger partial charge in [0, 0.05) is 18.7 Å². The first-order valence-corrected chi connectivity index (χ1v) is 9.14. The Labute approximate surface area is 154 Å². The number of benzene rings is 1. The topological polar surface area (TPSA) is 68.4 Å². The lowest BCUT2D eigenvalue weighted by Gasteiger charge is -2.25. The smallest absolute Gasteiger partial charge is 0.253 e. The molecule has 2 rings (SSSR count). The van der Waals surface area contributed by atoms with Crippen LogP contribution in [0.2, 0.25) is 0 Å². The van der Waals surface area contributed by atoms with Crippen LogP contribution >= 0.6 is 12.2 Å². The highest BCUT2D eigenvalue weighted by atomic mass is 32.1. The average Bonchev–Trinajstić information content (AvgIpc) is 2.56. The first-order valence-electron chi connectivity index (χ1n) is 8.73. The fraction of sp³-hybridized carbons (Fsp3) is 0.474. The first-order chi connectivity index (χ1) is 12.0. The monoisotopic (exact) mass is 361 g/mol. The molecule has 0 aliphatic carbocycles. The molecule has 0 saturated carbocycles. The van der Waals surface area contributed by atoms with Crippen molar-refractivity contribution in [3.05, 3.63) is 45.2 Å². The lowest BCUT2D eigenvalue weighted by molar-refractivity contribution is 0.245. The number of thiocarbonyl (C=S) groups is 1. The van der Waals surface area contributed by atoms with Crippen LogP contribution in [0.1, 0.15) is 36.5 Å². The quantitative estimate of drug-likeness (QED) is 0.522. The third-order valence-corrected chi connectivity index (χ3v) is 4.60. The van der Waals surface area contributed by atoms with Gasteiger partial charge in [-0.05, 0) is 55.6 Å². The summed E-state index contributed by atoms with van der Waals surface area (Å²) in [6, 6.07) is 6.05. The molecule has 0 radical (unpaired) electrons. The number of nitrogens with zero attached hydrogens (tertiary/aromatic N) is 1. The summed E-state index contributed by atoms with van der Waals surface area (Å²) >= 11 is 5.43. The lowest BCUT2D eigenvalue weighted by Crippen LogP contribution is -2.42. The number of rotatable bonds is 7. The maximum Gasteiger partial charge on any atom is 0.253 e. The molecule has 0 fully saturated rings. The van der Waals surface area contributed by atoms with Crippen molar-refractivity contribution in [2.75, 3.05) is 19.7 Å². The average molecular weight is 362 g/mol. The lowest BCUT2D eigenvalue weighted by atomic mass is 10.1. The highest BCUT2D eigenvalue weighted by molar-refractivity contribution is 7.80. The van der Waals surface area contributed by atoms with E-state index in [1.165, 1.54) is 0 Å². The summed E-state index contributed by atoms with van der Waals surface area (Å²) in [5.41, 5.74) is 3.62. The van der Waals surface area contributed by atoms with Gasteiger partial charge in [0.25, 0.3) is 5.56 Å². The predicted molar refractivity (Wildman–Crippen MR) is 107 cm³/mol. The minimum atomic E-state index is -0.112. The molecule has 6 heteroatoms. The molecule has 2 aromatic rings. The van der Waals surface area contributed by atoms with Crippen molar-refractivity contribution in [3.8, 4) is 0 Å². The number of hydrogen-bond acceptors (Lipinski definition) is 3. The summed E-state index contributed by atoms with van der Waals surface area (Å²) in [5, 5.41) is 14.1. The van der Waals surface area contributed by atoms with Crippen LogP contribution in [0, 0.1) is 13.8 Å². The van der Waals surface area contributed by atoms with Crippen LogP contribution in [-0.4, -0.2) is 39.8 Å². The normalized spacial score (nSPS) is 10.9. The van der Waals surface area contributed by atoms with Crippen molar-refractivity contribution in [2.45, 2.75) is 40.2 Å². The number of aromatic nitrogens is 1. The van der Waals surface area contributed by atoms with Gasteiger partial charge < -0.3 is 20.3 Å². The summed E-state index contributed by atoms with van der Waals surface area (Å²) in [4.78, 5) is 17.3. The van der Waals surface area contributed by atoms with E-state index in [0.717, 1.165) is 41.4 Å². The van der Waals surface area contributed by atoms with Crippen molar-refractivity contribution in [2.24, 2.45) is 0 Å². The zero-order valence-electron chi connectivity index (χ0n) is 15.2. The number of H-pyrrole nitrogens is 1. The molecule has 5 nitrogen and oxygen atoms in total. The van der Waals surface area contributed by atoms with Gasteiger partial charge in [-0.3, -0.25) is 4.79 Å². The SMILES string of the molecule is CCCCNC(=S)N(CCO)Cc1cc2cc(C)cc(C)c2[nH]c1=O. The van der Waals surface area contributed by atoms with E-state index in [1.54, 1.807) is 0 Å². The third-order valence-electron chi connectivity index (χ3n) is 4.20. The molecule has 0 spiro atoms. The first kappa shape index (κ1) is 19.4. The fourth-order valence-electron chi connectivity index (χ4n) is 2.91. The van der Waals surface area contributed by atoms with Crippen LogP contribution < -0.4 is 10.9 Å². The highest BCUT2D eigenvalue weighted by Gasteiger charge is 2.13. The molecular formula is C19H27N3O2S. The maximum absolute atomic E-state index is 12.5. The molecule has 0 bridgehead atoms. The molecule has 0 aliphatic rings. The van der Waals surface area contributed by atoms with E-state index < -0.39 is 0 Å². The fourth-order valence-corrected chi connectivity index (χ4v) is 3.17. The number of hydrogen-bond donors (Lipinski definition) is 3. The molecule has 1 aromatic heterocycles. The number of pyridine rings is 1. The number of aromatic amines is 1. The second-order valence-electron chi connectivity index (χ2n) is 6.40.